The summed E-state index contributed by atoms with van der Waals surface area (Å²) in [6, 6.07) is 0. The maximum atomic E-state index is 4.95. The first-order chi connectivity index (χ1) is 6.43. The van der Waals surface area contributed by atoms with Gasteiger partial charge in [0.05, 0.1) is 6.33 Å². The zero-order chi connectivity index (χ0) is 9.36. The lowest BCUT2D eigenvalue weighted by Gasteiger charge is -2.02. The van der Waals surface area contributed by atoms with Crippen molar-refractivity contribution >= 4 is 0 Å². The lowest BCUT2D eigenvalue weighted by Crippen LogP contribution is -2.15. The van der Waals surface area contributed by atoms with Crippen molar-refractivity contribution in [2.45, 2.75) is 19.4 Å². The molecule has 1 aromatic heterocycles. The van der Waals surface area contributed by atoms with Crippen molar-refractivity contribution in [3.63, 3.8) is 0 Å². The number of aromatic nitrogens is 2. The maximum Gasteiger partial charge on any atom is 0.0922 e. The second-order valence-electron chi connectivity index (χ2n) is 2.95. The summed E-state index contributed by atoms with van der Waals surface area (Å²) in [4.78, 5) is 6.98. The summed E-state index contributed by atoms with van der Waals surface area (Å²) >= 11 is 0. The van der Waals surface area contributed by atoms with Crippen LogP contribution in [0.2, 0.25) is 0 Å². The monoisotopic (exact) mass is 183 g/mol. The quantitative estimate of drug-likeness (QED) is 0.618. The normalized spacial score (nSPS) is 10.5. The van der Waals surface area contributed by atoms with Gasteiger partial charge in [-0.1, -0.05) is 0 Å². The molecule has 2 N–H and O–H groups in total. The highest BCUT2D eigenvalue weighted by Crippen LogP contribution is 1.91. The molecule has 0 aliphatic carbocycles. The number of H-pyrrole nitrogens is 1. The first-order valence-electron chi connectivity index (χ1n) is 4.60. The number of nitrogens with zero attached hydrogens (tertiary/aromatic N) is 1. The summed E-state index contributed by atoms with van der Waals surface area (Å²) in [5.74, 6) is 0. The summed E-state index contributed by atoms with van der Waals surface area (Å²) in [6.07, 6.45) is 5.80. The van der Waals surface area contributed by atoms with Crippen LogP contribution in [0.5, 0.6) is 0 Å². The Hall–Kier alpha value is -0.870. The molecule has 74 valence electrons. The van der Waals surface area contributed by atoms with Crippen LogP contribution < -0.4 is 5.32 Å². The number of imidazole rings is 1. The van der Waals surface area contributed by atoms with Crippen molar-refractivity contribution < 1.29 is 4.74 Å². The average Bonchev–Trinajstić information content (AvgIpc) is 2.63. The van der Waals surface area contributed by atoms with E-state index in [1.54, 1.807) is 13.4 Å². The van der Waals surface area contributed by atoms with E-state index in [-0.39, 0.29) is 0 Å². The zero-order valence-electron chi connectivity index (χ0n) is 8.05. The van der Waals surface area contributed by atoms with Gasteiger partial charge in [-0.25, -0.2) is 4.98 Å². The Bertz CT molecular complexity index is 199. The summed E-state index contributed by atoms with van der Waals surface area (Å²) in [7, 11) is 1.73. The molecule has 1 aromatic rings. The van der Waals surface area contributed by atoms with Gasteiger partial charge >= 0.3 is 0 Å². The van der Waals surface area contributed by atoms with Crippen LogP contribution in [-0.2, 0) is 11.3 Å². The predicted octanol–water partition coefficient (Wildman–Crippen LogP) is 0.926. The van der Waals surface area contributed by atoms with E-state index in [4.69, 9.17) is 4.74 Å². The molecule has 0 spiro atoms. The fraction of sp³-hybridized carbons (Fsp3) is 0.667. The van der Waals surface area contributed by atoms with Crippen LogP contribution in [0.3, 0.4) is 0 Å². The van der Waals surface area contributed by atoms with Gasteiger partial charge in [0.2, 0.25) is 0 Å². The molecule has 1 rings (SSSR count). The Morgan fingerprint density at radius 3 is 3.15 bits per heavy atom. The number of methoxy groups -OCH3 is 1. The number of hydrogen-bond donors (Lipinski definition) is 2. The first-order valence-corrected chi connectivity index (χ1v) is 4.60. The Kier molecular flexibility index (Phi) is 5.20. The second kappa shape index (κ2) is 6.62. The summed E-state index contributed by atoms with van der Waals surface area (Å²) in [6.45, 7) is 2.75. The summed E-state index contributed by atoms with van der Waals surface area (Å²) in [5, 5.41) is 3.32. The predicted molar refractivity (Wildman–Crippen MR) is 51.4 cm³/mol. The fourth-order valence-corrected chi connectivity index (χ4v) is 1.10. The highest BCUT2D eigenvalue weighted by Gasteiger charge is 1.92. The van der Waals surface area contributed by atoms with Gasteiger partial charge in [0, 0.05) is 32.2 Å². The molecule has 0 aromatic carbocycles. The molecule has 0 saturated heterocycles. The Labute approximate surface area is 78.7 Å². The lowest BCUT2D eigenvalue weighted by molar-refractivity contribution is 0.192. The van der Waals surface area contributed by atoms with Crippen LogP contribution in [0.25, 0.3) is 0 Å². The Morgan fingerprint density at radius 1 is 1.54 bits per heavy atom. The summed E-state index contributed by atoms with van der Waals surface area (Å²) < 4.78 is 4.95. The van der Waals surface area contributed by atoms with Crippen molar-refractivity contribution in [3.05, 3.63) is 18.2 Å². The molecule has 0 radical (unpaired) electrons. The number of nitrogens with one attached hydrogen (secondary N) is 2. The molecule has 4 heteroatoms. The van der Waals surface area contributed by atoms with Gasteiger partial charge in [-0.3, -0.25) is 0 Å². The van der Waals surface area contributed by atoms with Gasteiger partial charge in [0.25, 0.3) is 0 Å². The van der Waals surface area contributed by atoms with Gasteiger partial charge in [-0.2, -0.15) is 0 Å². The van der Waals surface area contributed by atoms with Crippen molar-refractivity contribution in [3.8, 4) is 0 Å². The molecule has 0 unspecified atom stereocenters. The van der Waals surface area contributed by atoms with Gasteiger partial charge in [-0.05, 0) is 19.4 Å². The van der Waals surface area contributed by atoms with Crippen LogP contribution in [-0.4, -0.2) is 30.2 Å². The molecule has 0 atom stereocenters. The van der Waals surface area contributed by atoms with Gasteiger partial charge < -0.3 is 15.0 Å². The van der Waals surface area contributed by atoms with E-state index in [0.717, 1.165) is 38.2 Å². The van der Waals surface area contributed by atoms with E-state index < -0.39 is 0 Å². The van der Waals surface area contributed by atoms with E-state index in [9.17, 15) is 0 Å². The largest absolute Gasteiger partial charge is 0.385 e. The van der Waals surface area contributed by atoms with E-state index in [2.05, 4.69) is 15.3 Å². The second-order valence-corrected chi connectivity index (χ2v) is 2.95. The third-order valence-electron chi connectivity index (χ3n) is 1.82. The number of aromatic amines is 1. The van der Waals surface area contributed by atoms with Crippen molar-refractivity contribution in [2.75, 3.05) is 20.3 Å². The van der Waals surface area contributed by atoms with Crippen molar-refractivity contribution in [1.82, 2.24) is 15.3 Å². The third-order valence-corrected chi connectivity index (χ3v) is 1.82. The zero-order valence-corrected chi connectivity index (χ0v) is 8.05. The molecule has 0 aliphatic heterocycles. The van der Waals surface area contributed by atoms with E-state index in [1.807, 2.05) is 6.20 Å². The Morgan fingerprint density at radius 2 is 2.46 bits per heavy atom. The number of hydrogen-bond acceptors (Lipinski definition) is 3. The van der Waals surface area contributed by atoms with Crippen molar-refractivity contribution in [1.29, 1.82) is 0 Å². The van der Waals surface area contributed by atoms with Crippen LogP contribution >= 0.6 is 0 Å². The molecule has 0 saturated carbocycles. The molecule has 0 fully saturated rings. The molecular weight excluding hydrogens is 166 g/mol. The number of ether oxygens (including phenoxy) is 1. The number of unbranched alkanes of at least 4 members (excludes halogenated alkanes) is 1. The van der Waals surface area contributed by atoms with Crippen LogP contribution in [0, 0.1) is 0 Å². The molecule has 0 bridgehead atoms. The minimum absolute atomic E-state index is 0.853. The number of rotatable bonds is 7. The van der Waals surface area contributed by atoms with E-state index in [0.29, 0.717) is 0 Å². The van der Waals surface area contributed by atoms with Gasteiger partial charge in [0.15, 0.2) is 0 Å². The van der Waals surface area contributed by atoms with Crippen molar-refractivity contribution in [2.24, 2.45) is 0 Å². The van der Waals surface area contributed by atoms with Crippen LogP contribution in [0.15, 0.2) is 12.5 Å². The molecule has 4 nitrogen and oxygen atoms in total. The van der Waals surface area contributed by atoms with Gasteiger partial charge in [0.1, 0.15) is 0 Å². The SMILES string of the molecule is COCCCCNCc1cnc[nH]1. The molecule has 0 aliphatic rings. The highest BCUT2D eigenvalue weighted by molar-refractivity contribution is 4.92. The van der Waals surface area contributed by atoms with Gasteiger partial charge in [-0.15, -0.1) is 0 Å². The van der Waals surface area contributed by atoms with Crippen LogP contribution in [0.4, 0.5) is 0 Å². The van der Waals surface area contributed by atoms with E-state index >= 15 is 0 Å². The fourth-order valence-electron chi connectivity index (χ4n) is 1.10. The highest BCUT2D eigenvalue weighted by atomic mass is 16.5. The van der Waals surface area contributed by atoms with E-state index in [1.165, 1.54) is 0 Å². The minimum atomic E-state index is 0.853. The average molecular weight is 183 g/mol. The first kappa shape index (κ1) is 10.2. The smallest absolute Gasteiger partial charge is 0.0922 e. The maximum absolute atomic E-state index is 4.95. The minimum Gasteiger partial charge on any atom is -0.385 e. The summed E-state index contributed by atoms with van der Waals surface area (Å²) in [5.41, 5.74) is 1.13. The van der Waals surface area contributed by atoms with Crippen LogP contribution in [0.1, 0.15) is 18.5 Å². The molecular formula is C9H17N3O. The standard InChI is InChI=1S/C9H17N3O/c1-13-5-3-2-4-10-6-9-7-11-8-12-9/h7-8,10H,2-6H2,1H3,(H,11,12). The third kappa shape index (κ3) is 4.65. The Balaban J connectivity index is 1.90. The molecule has 13 heavy (non-hydrogen) atoms. The topological polar surface area (TPSA) is 49.9 Å². The lowest BCUT2D eigenvalue weighted by atomic mass is 10.3. The molecule has 0 amide bonds. The molecule has 1 heterocycles.